The maximum Gasteiger partial charge on any atom is 0.336 e. The lowest BCUT2D eigenvalue weighted by molar-refractivity contribution is 0.0695. The zero-order chi connectivity index (χ0) is 13.9. The Morgan fingerprint density at radius 1 is 1.25 bits per heavy atom. The first-order valence-electron chi connectivity index (χ1n) is 6.75. The minimum Gasteiger partial charge on any atom is -0.478 e. The Morgan fingerprint density at radius 2 is 2.05 bits per heavy atom. The van der Waals surface area contributed by atoms with Crippen molar-refractivity contribution in [2.24, 2.45) is 0 Å². The molecule has 3 rings (SSSR count). The zero-order valence-corrected chi connectivity index (χ0v) is 11.1. The number of aromatic nitrogens is 1. The molecular formula is C16H16N2O2. The molecule has 2 heterocycles. The molecule has 0 unspecified atom stereocenters. The summed E-state index contributed by atoms with van der Waals surface area (Å²) in [5, 5.41) is 9.29. The first-order chi connectivity index (χ1) is 9.75. The van der Waals surface area contributed by atoms with E-state index in [-0.39, 0.29) is 0 Å². The molecule has 0 fully saturated rings. The van der Waals surface area contributed by atoms with E-state index in [0.29, 0.717) is 5.56 Å². The van der Waals surface area contributed by atoms with Crippen LogP contribution < -0.4 is 4.90 Å². The molecule has 0 spiro atoms. The fourth-order valence-electron chi connectivity index (χ4n) is 2.77. The number of carbonyl (C=O) groups is 1. The first-order valence-corrected chi connectivity index (χ1v) is 6.75. The van der Waals surface area contributed by atoms with E-state index < -0.39 is 5.97 Å². The topological polar surface area (TPSA) is 53.4 Å². The average Bonchev–Trinajstić information content (AvgIpc) is 2.48. The standard InChI is InChI=1S/C16H16N2O2/c19-16(20)14-3-1-5-15-13(14)4-2-10-18(15)11-12-6-8-17-9-7-12/h1,3,5-9H,2,4,10-11H2,(H,19,20). The molecule has 20 heavy (non-hydrogen) atoms. The number of aromatic carboxylic acids is 1. The zero-order valence-electron chi connectivity index (χ0n) is 11.1. The van der Waals surface area contributed by atoms with Gasteiger partial charge in [-0.25, -0.2) is 4.79 Å². The lowest BCUT2D eigenvalue weighted by Gasteiger charge is -2.32. The highest BCUT2D eigenvalue weighted by Gasteiger charge is 2.21. The summed E-state index contributed by atoms with van der Waals surface area (Å²) >= 11 is 0. The molecular weight excluding hydrogens is 252 g/mol. The summed E-state index contributed by atoms with van der Waals surface area (Å²) < 4.78 is 0. The van der Waals surface area contributed by atoms with Crippen molar-refractivity contribution in [2.75, 3.05) is 11.4 Å². The Balaban J connectivity index is 1.94. The van der Waals surface area contributed by atoms with Gasteiger partial charge < -0.3 is 10.0 Å². The van der Waals surface area contributed by atoms with E-state index >= 15 is 0 Å². The van der Waals surface area contributed by atoms with Crippen LogP contribution in [0.4, 0.5) is 5.69 Å². The molecule has 2 aromatic rings. The summed E-state index contributed by atoms with van der Waals surface area (Å²) in [6.07, 6.45) is 5.40. The van der Waals surface area contributed by atoms with Gasteiger partial charge in [-0.15, -0.1) is 0 Å². The second-order valence-electron chi connectivity index (χ2n) is 4.99. The lowest BCUT2D eigenvalue weighted by atomic mass is 9.96. The van der Waals surface area contributed by atoms with Crippen molar-refractivity contribution in [1.29, 1.82) is 0 Å². The Morgan fingerprint density at radius 3 is 2.80 bits per heavy atom. The summed E-state index contributed by atoms with van der Waals surface area (Å²) in [5.74, 6) is -0.840. The van der Waals surface area contributed by atoms with Gasteiger partial charge in [-0.05, 0) is 48.2 Å². The Hall–Kier alpha value is -2.36. The molecule has 1 aromatic heterocycles. The van der Waals surface area contributed by atoms with Gasteiger partial charge in [0.25, 0.3) is 0 Å². The molecule has 0 aliphatic carbocycles. The van der Waals surface area contributed by atoms with Crippen molar-refractivity contribution < 1.29 is 9.90 Å². The molecule has 0 bridgehead atoms. The van der Waals surface area contributed by atoms with Crippen molar-refractivity contribution >= 4 is 11.7 Å². The van der Waals surface area contributed by atoms with Crippen molar-refractivity contribution in [3.63, 3.8) is 0 Å². The van der Waals surface area contributed by atoms with E-state index in [2.05, 4.69) is 9.88 Å². The van der Waals surface area contributed by atoms with Gasteiger partial charge in [0.1, 0.15) is 0 Å². The molecule has 0 radical (unpaired) electrons. The van der Waals surface area contributed by atoms with Crippen LogP contribution in [0, 0.1) is 0 Å². The number of carboxylic acids is 1. The fourth-order valence-corrected chi connectivity index (χ4v) is 2.77. The number of pyridine rings is 1. The number of fused-ring (bicyclic) bond motifs is 1. The van der Waals surface area contributed by atoms with Crippen molar-refractivity contribution in [3.05, 3.63) is 59.4 Å². The van der Waals surface area contributed by atoms with Gasteiger partial charge in [0.2, 0.25) is 0 Å². The summed E-state index contributed by atoms with van der Waals surface area (Å²) in [6.45, 7) is 1.75. The number of hydrogen-bond acceptors (Lipinski definition) is 3. The highest BCUT2D eigenvalue weighted by molar-refractivity contribution is 5.91. The smallest absolute Gasteiger partial charge is 0.336 e. The van der Waals surface area contributed by atoms with Gasteiger partial charge in [-0.3, -0.25) is 4.98 Å². The van der Waals surface area contributed by atoms with Crippen molar-refractivity contribution in [3.8, 4) is 0 Å². The quantitative estimate of drug-likeness (QED) is 0.930. The maximum atomic E-state index is 11.3. The number of carboxylic acid groups (broad SMARTS) is 1. The molecule has 0 saturated carbocycles. The number of anilines is 1. The molecule has 4 nitrogen and oxygen atoms in total. The summed E-state index contributed by atoms with van der Waals surface area (Å²) in [6, 6.07) is 9.52. The third-order valence-corrected chi connectivity index (χ3v) is 3.70. The molecule has 0 amide bonds. The van der Waals surface area contributed by atoms with Crippen LogP contribution in [0.5, 0.6) is 0 Å². The van der Waals surface area contributed by atoms with Gasteiger partial charge in [0, 0.05) is 31.2 Å². The second kappa shape index (κ2) is 5.33. The van der Waals surface area contributed by atoms with Crippen LogP contribution in [-0.2, 0) is 13.0 Å². The molecule has 1 aliphatic rings. The monoisotopic (exact) mass is 268 g/mol. The SMILES string of the molecule is O=C(O)c1cccc2c1CCCN2Cc1ccncc1. The molecule has 0 saturated heterocycles. The molecule has 1 N–H and O–H groups in total. The fraction of sp³-hybridized carbons (Fsp3) is 0.250. The predicted octanol–water partition coefficient (Wildman–Crippen LogP) is 2.73. The van der Waals surface area contributed by atoms with Crippen molar-refractivity contribution in [1.82, 2.24) is 4.98 Å². The van der Waals surface area contributed by atoms with Crippen LogP contribution in [0.25, 0.3) is 0 Å². The lowest BCUT2D eigenvalue weighted by Crippen LogP contribution is -2.29. The van der Waals surface area contributed by atoms with Crippen LogP contribution in [0.15, 0.2) is 42.7 Å². The van der Waals surface area contributed by atoms with E-state index in [0.717, 1.165) is 37.2 Å². The largest absolute Gasteiger partial charge is 0.478 e. The van der Waals surface area contributed by atoms with E-state index in [1.807, 2.05) is 24.3 Å². The van der Waals surface area contributed by atoms with Crippen LogP contribution in [0.1, 0.15) is 27.9 Å². The molecule has 1 aromatic carbocycles. The highest BCUT2D eigenvalue weighted by Crippen LogP contribution is 2.30. The minimum atomic E-state index is -0.840. The summed E-state index contributed by atoms with van der Waals surface area (Å²) in [4.78, 5) is 17.6. The average molecular weight is 268 g/mol. The number of rotatable bonds is 3. The maximum absolute atomic E-state index is 11.3. The van der Waals surface area contributed by atoms with Crippen LogP contribution >= 0.6 is 0 Å². The third kappa shape index (κ3) is 2.37. The van der Waals surface area contributed by atoms with E-state index in [9.17, 15) is 9.90 Å². The number of hydrogen-bond donors (Lipinski definition) is 1. The van der Waals surface area contributed by atoms with Crippen LogP contribution in [0.2, 0.25) is 0 Å². The number of nitrogens with zero attached hydrogens (tertiary/aromatic N) is 2. The number of benzene rings is 1. The van der Waals surface area contributed by atoms with Gasteiger partial charge in [-0.2, -0.15) is 0 Å². The van der Waals surface area contributed by atoms with Crippen molar-refractivity contribution in [2.45, 2.75) is 19.4 Å². The summed E-state index contributed by atoms with van der Waals surface area (Å²) in [5.41, 5.74) is 3.63. The third-order valence-electron chi connectivity index (χ3n) is 3.70. The van der Waals surface area contributed by atoms with Gasteiger partial charge in [-0.1, -0.05) is 6.07 Å². The molecule has 102 valence electrons. The Bertz CT molecular complexity index is 626. The van der Waals surface area contributed by atoms with Gasteiger partial charge in [0.15, 0.2) is 0 Å². The second-order valence-corrected chi connectivity index (χ2v) is 4.99. The van der Waals surface area contributed by atoms with E-state index in [4.69, 9.17) is 0 Å². The Labute approximate surface area is 117 Å². The van der Waals surface area contributed by atoms with E-state index in [1.54, 1.807) is 18.5 Å². The Kier molecular flexibility index (Phi) is 3.37. The summed E-state index contributed by atoms with van der Waals surface area (Å²) in [7, 11) is 0. The van der Waals surface area contributed by atoms with Crippen LogP contribution in [0.3, 0.4) is 0 Å². The highest BCUT2D eigenvalue weighted by atomic mass is 16.4. The predicted molar refractivity (Wildman–Crippen MR) is 77.0 cm³/mol. The van der Waals surface area contributed by atoms with Gasteiger partial charge in [0.05, 0.1) is 5.56 Å². The minimum absolute atomic E-state index is 0.432. The molecule has 0 atom stereocenters. The van der Waals surface area contributed by atoms with E-state index in [1.165, 1.54) is 5.56 Å². The first kappa shape index (κ1) is 12.7. The normalized spacial score (nSPS) is 13.9. The molecule has 1 aliphatic heterocycles. The molecule has 4 heteroatoms. The van der Waals surface area contributed by atoms with Gasteiger partial charge >= 0.3 is 5.97 Å². The van der Waals surface area contributed by atoms with Crippen LogP contribution in [-0.4, -0.2) is 22.6 Å².